The lowest BCUT2D eigenvalue weighted by molar-refractivity contribution is -0.123. The van der Waals surface area contributed by atoms with E-state index in [0.717, 1.165) is 43.4 Å². The van der Waals surface area contributed by atoms with Crippen molar-refractivity contribution >= 4 is 70.5 Å². The van der Waals surface area contributed by atoms with Gasteiger partial charge >= 0.3 is 0 Å². The fraction of sp³-hybridized carbons (Fsp3) is 0.0455. The number of aliphatic imine (C=N–C) groups is 2. The quantitative estimate of drug-likeness (QED) is 0.154. The number of hydrogen-bond donors (Lipinski definition) is 2. The van der Waals surface area contributed by atoms with E-state index in [1.54, 1.807) is 45.5 Å². The third-order valence-electron chi connectivity index (χ3n) is 9.12. The summed E-state index contributed by atoms with van der Waals surface area (Å²) < 4.78 is 0. The maximum atomic E-state index is 14.0. The number of hydrogen-bond acceptors (Lipinski definition) is 8. The number of thioether (sulfide) groups is 2. The predicted molar refractivity (Wildman–Crippen MR) is 220 cm³/mol. The number of fused-ring (bicyclic) bond motifs is 2. The van der Waals surface area contributed by atoms with Crippen LogP contribution >= 0.6 is 23.5 Å². The molecule has 0 saturated heterocycles. The van der Waals surface area contributed by atoms with Crippen LogP contribution in [0.15, 0.2) is 189 Å². The number of benzene rings is 5. The van der Waals surface area contributed by atoms with Gasteiger partial charge in [0.05, 0.1) is 11.4 Å². The van der Waals surface area contributed by atoms with Crippen LogP contribution in [0.3, 0.4) is 0 Å². The van der Waals surface area contributed by atoms with Gasteiger partial charge in [-0.1, -0.05) is 169 Å². The van der Waals surface area contributed by atoms with Crippen molar-refractivity contribution in [3.8, 4) is 0 Å². The molecular weight excluding hydrogens is 709 g/mol. The van der Waals surface area contributed by atoms with Crippen LogP contribution in [0.5, 0.6) is 0 Å². The van der Waals surface area contributed by atoms with Crippen molar-refractivity contribution in [1.82, 2.24) is 9.80 Å². The summed E-state index contributed by atoms with van der Waals surface area (Å²) in [6.45, 7) is 0. The van der Waals surface area contributed by atoms with E-state index < -0.39 is 11.0 Å². The van der Waals surface area contributed by atoms with Crippen molar-refractivity contribution in [1.29, 1.82) is 0 Å². The first-order valence-corrected chi connectivity index (χ1v) is 19.2. The molecule has 2 unspecified atom stereocenters. The fourth-order valence-electron chi connectivity index (χ4n) is 6.51. The van der Waals surface area contributed by atoms with Crippen molar-refractivity contribution < 1.29 is 9.59 Å². The number of allylic oxidation sites excluding steroid dienone is 4. The molecule has 2 N–H and O–H groups in total. The molecule has 0 aliphatic carbocycles. The summed E-state index contributed by atoms with van der Waals surface area (Å²) >= 11 is 3.12. The second-order valence-electron chi connectivity index (χ2n) is 12.7. The molecule has 8 nitrogen and oxygen atoms in total. The van der Waals surface area contributed by atoms with Crippen molar-refractivity contribution in [3.05, 3.63) is 191 Å². The molecule has 54 heavy (non-hydrogen) atoms. The third kappa shape index (κ3) is 6.57. The molecule has 2 atom stereocenters. The van der Waals surface area contributed by atoms with E-state index in [-0.39, 0.29) is 11.8 Å². The first-order valence-electron chi connectivity index (χ1n) is 17.5. The van der Waals surface area contributed by atoms with E-state index in [1.165, 1.54) is 0 Å². The molecular formula is C44H32N6O2S2. The van der Waals surface area contributed by atoms with E-state index in [4.69, 9.17) is 9.98 Å². The molecule has 5 aromatic carbocycles. The van der Waals surface area contributed by atoms with Crippen LogP contribution < -0.4 is 10.6 Å². The van der Waals surface area contributed by atoms with Crippen LogP contribution in [-0.2, 0) is 9.59 Å². The molecule has 0 saturated carbocycles. The maximum Gasteiger partial charge on any atom is 0.280 e. The number of carbonyl (C=O) groups excluding carboxylic acids is 2. The Morgan fingerprint density at radius 3 is 1.28 bits per heavy atom. The highest BCUT2D eigenvalue weighted by Gasteiger charge is 2.43. The van der Waals surface area contributed by atoms with Gasteiger partial charge in [0.25, 0.3) is 11.8 Å². The van der Waals surface area contributed by atoms with Gasteiger partial charge in [-0.25, -0.2) is 9.98 Å². The third-order valence-corrected chi connectivity index (χ3v) is 11.4. The first-order chi connectivity index (χ1) is 26.6. The predicted octanol–water partition coefficient (Wildman–Crippen LogP) is 9.06. The smallest absolute Gasteiger partial charge is 0.280 e. The van der Waals surface area contributed by atoms with Gasteiger partial charge in [0.1, 0.15) is 23.1 Å². The summed E-state index contributed by atoms with van der Waals surface area (Å²) in [7, 11) is 0. The van der Waals surface area contributed by atoms with Crippen molar-refractivity contribution in [2.45, 2.75) is 20.8 Å². The lowest BCUT2D eigenvalue weighted by Gasteiger charge is -2.25. The highest BCUT2D eigenvalue weighted by atomic mass is 32.2. The normalized spacial score (nSPS) is 20.5. The van der Waals surface area contributed by atoms with Gasteiger partial charge < -0.3 is 10.6 Å². The Hall–Kier alpha value is -6.36. The topological polar surface area (TPSA) is 89.4 Å². The second-order valence-corrected chi connectivity index (χ2v) is 14.9. The highest BCUT2D eigenvalue weighted by Crippen LogP contribution is 2.50. The number of rotatable bonds is 8. The van der Waals surface area contributed by atoms with Crippen molar-refractivity contribution in [3.63, 3.8) is 0 Å². The Morgan fingerprint density at radius 1 is 0.519 bits per heavy atom. The fourth-order valence-corrected chi connectivity index (χ4v) is 8.83. The van der Waals surface area contributed by atoms with Crippen LogP contribution in [0.2, 0.25) is 0 Å². The zero-order valence-corrected chi connectivity index (χ0v) is 30.4. The van der Waals surface area contributed by atoms with E-state index in [0.29, 0.717) is 23.1 Å². The van der Waals surface area contributed by atoms with E-state index >= 15 is 0 Å². The minimum Gasteiger partial charge on any atom is -0.355 e. The van der Waals surface area contributed by atoms with Gasteiger partial charge in [-0.05, 0) is 35.4 Å². The van der Waals surface area contributed by atoms with Gasteiger partial charge in [-0.3, -0.25) is 19.4 Å². The first kappa shape index (κ1) is 33.5. The van der Waals surface area contributed by atoms with Crippen molar-refractivity contribution in [2.24, 2.45) is 9.98 Å². The van der Waals surface area contributed by atoms with Gasteiger partial charge in [0, 0.05) is 20.9 Å². The molecule has 2 amide bonds. The minimum absolute atomic E-state index is 0.174. The number of anilines is 2. The average molecular weight is 741 g/mol. The number of nitrogens with one attached hydrogen (secondary N) is 2. The summed E-state index contributed by atoms with van der Waals surface area (Å²) in [5.74, 6) is 0.848. The molecule has 0 bridgehead atoms. The summed E-state index contributed by atoms with van der Waals surface area (Å²) in [6, 6.07) is 43.7. The molecule has 262 valence electrons. The summed E-state index contributed by atoms with van der Waals surface area (Å²) in [5, 5.41) is 7.18. The standard InChI is InChI=1S/C44H32N6O2S2/c51-41-33(25-13-19-29-15-5-1-6-16-29)45-39(31-21-9-3-10-22-31)49(41)43-47-35-27-38-36(28-37(35)53-43)48-44(54-38)50-40(32-23-11-4-12-24-32)46-34(42(50)52)26-14-20-30-17-7-2-8-18-30/h1-28,43-44,47-48H. The number of carbonyl (C=O) groups is 2. The van der Waals surface area contributed by atoms with Gasteiger partial charge in [-0.15, -0.1) is 0 Å². The van der Waals surface area contributed by atoms with Gasteiger partial charge in [-0.2, -0.15) is 0 Å². The summed E-state index contributed by atoms with van der Waals surface area (Å²) in [6.07, 6.45) is 11.2. The van der Waals surface area contributed by atoms with E-state index in [2.05, 4.69) is 22.8 Å². The highest BCUT2D eigenvalue weighted by molar-refractivity contribution is 8.01. The average Bonchev–Trinajstić information content (AvgIpc) is 3.98. The zero-order chi connectivity index (χ0) is 36.4. The van der Waals surface area contributed by atoms with Crippen molar-refractivity contribution in [2.75, 3.05) is 10.6 Å². The second kappa shape index (κ2) is 14.6. The van der Waals surface area contributed by atoms with Crippen LogP contribution in [0.4, 0.5) is 11.4 Å². The van der Waals surface area contributed by atoms with E-state index in [1.807, 2.05) is 146 Å². The van der Waals surface area contributed by atoms with E-state index in [9.17, 15) is 9.59 Å². The van der Waals surface area contributed by atoms with Crippen LogP contribution in [0.25, 0.3) is 12.2 Å². The van der Waals surface area contributed by atoms with Crippen LogP contribution in [0.1, 0.15) is 22.3 Å². The molecule has 0 fully saturated rings. The largest absolute Gasteiger partial charge is 0.355 e. The maximum absolute atomic E-state index is 14.0. The van der Waals surface area contributed by atoms with Crippen LogP contribution in [0, 0.1) is 0 Å². The Kier molecular flexibility index (Phi) is 9.04. The molecule has 9 rings (SSSR count). The Morgan fingerprint density at radius 2 is 0.889 bits per heavy atom. The summed E-state index contributed by atoms with van der Waals surface area (Å²) in [5.41, 5.74) is 5.55. The van der Waals surface area contributed by atoms with Crippen LogP contribution in [-0.4, -0.2) is 44.3 Å². The Balaban J connectivity index is 0.954. The zero-order valence-electron chi connectivity index (χ0n) is 28.7. The molecule has 4 aliphatic heterocycles. The SMILES string of the molecule is O=C1C(=CC=Cc2ccccc2)N=C(c2ccccc2)N1C1Nc2cc3c(cc2S1)NC(N1C(=O)C(=CC=Cc2ccccc2)N=C1c1ccccc1)S3. The molecule has 0 radical (unpaired) electrons. The lowest BCUT2D eigenvalue weighted by atomic mass is 10.2. The molecule has 4 aliphatic rings. The Labute approximate surface area is 321 Å². The number of amidine groups is 2. The van der Waals surface area contributed by atoms with Gasteiger partial charge in [0.15, 0.2) is 11.0 Å². The number of amides is 2. The summed E-state index contributed by atoms with van der Waals surface area (Å²) in [4.78, 5) is 43.1. The molecule has 0 spiro atoms. The van der Waals surface area contributed by atoms with Gasteiger partial charge in [0.2, 0.25) is 0 Å². The molecule has 0 aromatic heterocycles. The minimum atomic E-state index is -0.410. The molecule has 5 aromatic rings. The molecule has 4 heterocycles. The molecule has 10 heteroatoms. The monoisotopic (exact) mass is 740 g/mol. The number of nitrogens with zero attached hydrogens (tertiary/aromatic N) is 4. The Bertz CT molecular complexity index is 2240. The lowest BCUT2D eigenvalue weighted by Crippen LogP contribution is -2.42.